The van der Waals surface area contributed by atoms with E-state index in [-0.39, 0.29) is 16.3 Å². The molecule has 0 fully saturated rings. The van der Waals surface area contributed by atoms with E-state index in [1.165, 1.54) is 11.3 Å². The molecule has 22 heavy (non-hydrogen) atoms. The largest absolute Gasteiger partial charge is 0.267 e. The quantitative estimate of drug-likeness (QED) is 0.794. The van der Waals surface area contributed by atoms with Crippen LogP contribution in [-0.2, 0) is 21.0 Å². The molecule has 2 heterocycles. The Morgan fingerprint density at radius 2 is 1.91 bits per heavy atom. The van der Waals surface area contributed by atoms with Crippen molar-refractivity contribution in [2.24, 2.45) is 0 Å². The van der Waals surface area contributed by atoms with E-state index in [1.54, 1.807) is 0 Å². The summed E-state index contributed by atoms with van der Waals surface area (Å²) in [6.07, 6.45) is 0. The first-order valence-electron chi connectivity index (χ1n) is 6.76. The summed E-state index contributed by atoms with van der Waals surface area (Å²) >= 11 is 1.38. The first kappa shape index (κ1) is 15.1. The van der Waals surface area contributed by atoms with Crippen LogP contribution in [0.2, 0.25) is 0 Å². The lowest BCUT2D eigenvalue weighted by Gasteiger charge is -2.12. The third-order valence-electron chi connectivity index (χ3n) is 3.11. The molecule has 3 rings (SSSR count). The maximum atomic E-state index is 12.4. The molecule has 0 atom stereocenters. The van der Waals surface area contributed by atoms with E-state index in [9.17, 15) is 8.42 Å². The fraction of sp³-hybridized carbons (Fsp3) is 0.357. The van der Waals surface area contributed by atoms with Crippen molar-refractivity contribution in [1.82, 2.24) is 20.2 Å². The van der Waals surface area contributed by atoms with Crippen molar-refractivity contribution in [2.45, 2.75) is 37.1 Å². The number of benzene rings is 1. The van der Waals surface area contributed by atoms with E-state index in [0.29, 0.717) is 10.8 Å². The molecule has 0 aliphatic carbocycles. The molecule has 1 aromatic carbocycles. The van der Waals surface area contributed by atoms with Gasteiger partial charge in [0.2, 0.25) is 9.84 Å². The van der Waals surface area contributed by atoms with E-state index in [0.717, 1.165) is 10.2 Å². The Morgan fingerprint density at radius 1 is 1.18 bits per heavy atom. The zero-order valence-electron chi connectivity index (χ0n) is 12.5. The van der Waals surface area contributed by atoms with E-state index >= 15 is 0 Å². The van der Waals surface area contributed by atoms with Gasteiger partial charge in [-0.05, 0) is 12.1 Å². The van der Waals surface area contributed by atoms with Crippen LogP contribution in [0.4, 0.5) is 0 Å². The van der Waals surface area contributed by atoms with Crippen LogP contribution < -0.4 is 0 Å². The molecule has 116 valence electrons. The number of fused-ring (bicyclic) bond motifs is 1. The normalized spacial score (nSPS) is 12.9. The van der Waals surface area contributed by atoms with Gasteiger partial charge in [0.15, 0.2) is 0 Å². The number of hydrogen-bond acceptors (Lipinski definition) is 6. The Balaban J connectivity index is 1.91. The fourth-order valence-electron chi connectivity index (χ4n) is 1.93. The summed E-state index contributed by atoms with van der Waals surface area (Å²) in [5.74, 6) is 0.365. The molecule has 0 radical (unpaired) electrons. The molecule has 0 saturated heterocycles. The van der Waals surface area contributed by atoms with Crippen LogP contribution in [0, 0.1) is 0 Å². The number of sulfone groups is 1. The molecule has 6 nitrogen and oxygen atoms in total. The van der Waals surface area contributed by atoms with E-state index in [4.69, 9.17) is 0 Å². The summed E-state index contributed by atoms with van der Waals surface area (Å²) in [6, 6.07) is 7.58. The summed E-state index contributed by atoms with van der Waals surface area (Å²) in [4.78, 5) is 8.48. The third-order valence-corrected chi connectivity index (χ3v) is 5.72. The molecule has 8 heteroatoms. The fourth-order valence-corrected chi connectivity index (χ4v) is 4.33. The van der Waals surface area contributed by atoms with Gasteiger partial charge in [-0.25, -0.2) is 18.4 Å². The second-order valence-electron chi connectivity index (χ2n) is 6.05. The van der Waals surface area contributed by atoms with Crippen molar-refractivity contribution in [3.05, 3.63) is 35.1 Å². The first-order chi connectivity index (χ1) is 10.3. The van der Waals surface area contributed by atoms with Crippen LogP contribution in [0.25, 0.3) is 10.2 Å². The Bertz CT molecular complexity index is 887. The highest BCUT2D eigenvalue weighted by Gasteiger charge is 2.26. The maximum Gasteiger partial charge on any atom is 0.267 e. The lowest BCUT2D eigenvalue weighted by Crippen LogP contribution is -2.14. The topological polar surface area (TPSA) is 88.6 Å². The molecule has 3 aromatic rings. The monoisotopic (exact) mass is 336 g/mol. The molecule has 0 aliphatic rings. The molecule has 2 aromatic heterocycles. The van der Waals surface area contributed by atoms with Crippen molar-refractivity contribution in [3.8, 4) is 0 Å². The number of H-pyrrole nitrogens is 1. The molecule has 0 bridgehead atoms. The summed E-state index contributed by atoms with van der Waals surface area (Å²) < 4.78 is 25.9. The summed E-state index contributed by atoms with van der Waals surface area (Å²) in [5, 5.41) is 6.94. The van der Waals surface area contributed by atoms with Crippen LogP contribution in [0.1, 0.15) is 31.6 Å². The third kappa shape index (κ3) is 2.89. The van der Waals surface area contributed by atoms with E-state index < -0.39 is 9.84 Å². The molecule has 0 amide bonds. The van der Waals surface area contributed by atoms with Gasteiger partial charge in [-0.1, -0.05) is 32.9 Å². The van der Waals surface area contributed by atoms with Gasteiger partial charge in [0, 0.05) is 5.41 Å². The summed E-state index contributed by atoms with van der Waals surface area (Å²) in [6.45, 7) is 5.83. The predicted molar refractivity (Wildman–Crippen MR) is 85.6 cm³/mol. The van der Waals surface area contributed by atoms with Crippen molar-refractivity contribution < 1.29 is 8.42 Å². The van der Waals surface area contributed by atoms with Crippen LogP contribution in [0.5, 0.6) is 0 Å². The highest BCUT2D eigenvalue weighted by molar-refractivity contribution is 7.90. The van der Waals surface area contributed by atoms with Gasteiger partial charge in [-0.3, -0.25) is 5.10 Å². The average Bonchev–Trinajstić information content (AvgIpc) is 3.03. The number of aromatic amines is 1. The lowest BCUT2D eigenvalue weighted by molar-refractivity contribution is 0.546. The Kier molecular flexibility index (Phi) is 3.53. The first-order valence-corrected chi connectivity index (χ1v) is 9.23. The van der Waals surface area contributed by atoms with Crippen molar-refractivity contribution in [1.29, 1.82) is 0 Å². The maximum absolute atomic E-state index is 12.4. The molecular weight excluding hydrogens is 320 g/mol. The van der Waals surface area contributed by atoms with Crippen LogP contribution in [0.15, 0.2) is 29.4 Å². The molecule has 0 spiro atoms. The molecule has 0 saturated carbocycles. The van der Waals surface area contributed by atoms with Gasteiger partial charge in [0.1, 0.15) is 16.6 Å². The minimum Gasteiger partial charge on any atom is -0.262 e. The molecule has 0 aliphatic heterocycles. The number of nitrogens with zero attached hydrogens (tertiary/aromatic N) is 3. The van der Waals surface area contributed by atoms with Gasteiger partial charge >= 0.3 is 0 Å². The second-order valence-corrected chi connectivity index (χ2v) is 9.05. The number of hydrogen-bond donors (Lipinski definition) is 1. The van der Waals surface area contributed by atoms with E-state index in [2.05, 4.69) is 20.2 Å². The average molecular weight is 336 g/mol. The zero-order valence-corrected chi connectivity index (χ0v) is 14.1. The Labute approximate surface area is 132 Å². The Morgan fingerprint density at radius 3 is 2.55 bits per heavy atom. The summed E-state index contributed by atoms with van der Waals surface area (Å²) in [5.41, 5.74) is 0.527. The molecule has 0 unspecified atom stereocenters. The van der Waals surface area contributed by atoms with Gasteiger partial charge in [-0.15, -0.1) is 16.4 Å². The highest BCUT2D eigenvalue weighted by Crippen LogP contribution is 2.25. The number of nitrogens with one attached hydrogen (secondary N) is 1. The minimum atomic E-state index is -3.61. The van der Waals surface area contributed by atoms with Crippen molar-refractivity contribution in [3.63, 3.8) is 0 Å². The minimum absolute atomic E-state index is 0.170. The smallest absolute Gasteiger partial charge is 0.262 e. The second kappa shape index (κ2) is 5.13. The van der Waals surface area contributed by atoms with Crippen molar-refractivity contribution in [2.75, 3.05) is 0 Å². The Hall–Kier alpha value is -1.80. The number of thiazole rings is 1. The van der Waals surface area contributed by atoms with Gasteiger partial charge in [0.05, 0.1) is 10.2 Å². The predicted octanol–water partition coefficient (Wildman–Crippen LogP) is 2.69. The number of aromatic nitrogens is 4. The van der Waals surface area contributed by atoms with Gasteiger partial charge in [-0.2, -0.15) is 0 Å². The van der Waals surface area contributed by atoms with Crippen LogP contribution >= 0.6 is 11.3 Å². The zero-order chi connectivity index (χ0) is 16.0. The number of rotatable bonds is 3. The summed E-state index contributed by atoms with van der Waals surface area (Å²) in [7, 11) is -3.61. The van der Waals surface area contributed by atoms with Crippen molar-refractivity contribution >= 4 is 31.4 Å². The van der Waals surface area contributed by atoms with E-state index in [1.807, 2.05) is 45.0 Å². The van der Waals surface area contributed by atoms with Gasteiger partial charge in [0.25, 0.3) is 5.16 Å². The SMILES string of the molecule is CC(C)(C)c1nc(S(=O)(=O)Cc2nc3ccccc3s2)n[nH]1. The standard InChI is InChI=1S/C14H16N4O2S2/c1-14(2,3)12-16-13(18-17-12)22(19,20)8-11-15-9-6-4-5-7-10(9)21-11/h4-7H,8H2,1-3H3,(H,16,17,18). The molecular formula is C14H16N4O2S2. The highest BCUT2D eigenvalue weighted by atomic mass is 32.2. The lowest BCUT2D eigenvalue weighted by atomic mass is 9.96. The van der Waals surface area contributed by atoms with Crippen LogP contribution in [0.3, 0.4) is 0 Å². The molecule has 1 N–H and O–H groups in total. The number of para-hydroxylation sites is 1. The van der Waals surface area contributed by atoms with Gasteiger partial charge < -0.3 is 0 Å². The van der Waals surface area contributed by atoms with Crippen LogP contribution in [-0.4, -0.2) is 28.6 Å².